The van der Waals surface area contributed by atoms with Gasteiger partial charge in [-0.05, 0) is 53.9 Å². The minimum absolute atomic E-state index is 0.0590. The van der Waals surface area contributed by atoms with Gasteiger partial charge in [-0.3, -0.25) is 0 Å². The zero-order valence-corrected chi connectivity index (χ0v) is 13.6. The number of ether oxygens (including phenoxy) is 2. The third-order valence-corrected chi connectivity index (χ3v) is 3.41. The van der Waals surface area contributed by atoms with Crippen LogP contribution in [0, 0.1) is 0 Å². The van der Waals surface area contributed by atoms with E-state index in [1.807, 2.05) is 34.6 Å². The molecule has 0 saturated carbocycles. The zero-order valence-electron chi connectivity index (χ0n) is 13.6. The second-order valence-corrected chi connectivity index (χ2v) is 6.67. The summed E-state index contributed by atoms with van der Waals surface area (Å²) in [5.74, 6) is 0. The van der Waals surface area contributed by atoms with Gasteiger partial charge in [-0.15, -0.1) is 6.58 Å². The van der Waals surface area contributed by atoms with E-state index in [-0.39, 0.29) is 18.2 Å². The standard InChI is InChI=1S/C16H29NO3/c1-12(2)8-7-9-14-13(3)17(10-11-19-14)15(18)20-16(4,5)6/h13-14H,1,7-11H2,2-6H3. The number of hydrogen-bond donors (Lipinski definition) is 0. The van der Waals surface area contributed by atoms with E-state index < -0.39 is 5.60 Å². The van der Waals surface area contributed by atoms with Crippen molar-refractivity contribution in [1.82, 2.24) is 4.90 Å². The van der Waals surface area contributed by atoms with Gasteiger partial charge in [0.25, 0.3) is 0 Å². The molecule has 0 bridgehead atoms. The lowest BCUT2D eigenvalue weighted by molar-refractivity contribution is -0.0735. The van der Waals surface area contributed by atoms with Gasteiger partial charge in [0, 0.05) is 6.54 Å². The lowest BCUT2D eigenvalue weighted by Gasteiger charge is -2.39. The molecule has 0 N–H and O–H groups in total. The molecule has 1 fully saturated rings. The molecule has 0 radical (unpaired) electrons. The average molecular weight is 283 g/mol. The quantitative estimate of drug-likeness (QED) is 0.737. The molecule has 116 valence electrons. The topological polar surface area (TPSA) is 38.8 Å². The molecule has 0 spiro atoms. The lowest BCUT2D eigenvalue weighted by atomic mass is 10.0. The molecule has 0 aliphatic carbocycles. The van der Waals surface area contributed by atoms with Gasteiger partial charge in [0.2, 0.25) is 0 Å². The molecule has 20 heavy (non-hydrogen) atoms. The van der Waals surface area contributed by atoms with E-state index >= 15 is 0 Å². The summed E-state index contributed by atoms with van der Waals surface area (Å²) in [5, 5.41) is 0. The van der Waals surface area contributed by atoms with E-state index in [2.05, 4.69) is 6.58 Å². The minimum Gasteiger partial charge on any atom is -0.444 e. The van der Waals surface area contributed by atoms with Crippen molar-refractivity contribution in [2.45, 2.75) is 71.6 Å². The normalized spacial score (nSPS) is 23.6. The van der Waals surface area contributed by atoms with E-state index in [1.165, 1.54) is 5.57 Å². The summed E-state index contributed by atoms with van der Waals surface area (Å²) in [7, 11) is 0. The molecule has 0 aromatic heterocycles. The van der Waals surface area contributed by atoms with Gasteiger partial charge in [0.05, 0.1) is 18.8 Å². The molecule has 1 saturated heterocycles. The fraction of sp³-hybridized carbons (Fsp3) is 0.812. The van der Waals surface area contributed by atoms with Crippen molar-refractivity contribution in [1.29, 1.82) is 0 Å². The van der Waals surface area contributed by atoms with Crippen LogP contribution >= 0.6 is 0 Å². The maximum atomic E-state index is 12.2. The van der Waals surface area contributed by atoms with Crippen LogP contribution in [0.25, 0.3) is 0 Å². The molecule has 1 rings (SSSR count). The molecule has 2 unspecified atom stereocenters. The van der Waals surface area contributed by atoms with Crippen molar-refractivity contribution < 1.29 is 14.3 Å². The second kappa shape index (κ2) is 7.11. The summed E-state index contributed by atoms with van der Waals surface area (Å²) >= 11 is 0. The Hall–Kier alpha value is -1.03. The van der Waals surface area contributed by atoms with Crippen LogP contribution in [0.3, 0.4) is 0 Å². The summed E-state index contributed by atoms with van der Waals surface area (Å²) in [5.41, 5.74) is 0.738. The largest absolute Gasteiger partial charge is 0.444 e. The predicted octanol–water partition coefficient (Wildman–Crippen LogP) is 3.76. The maximum Gasteiger partial charge on any atom is 0.410 e. The SMILES string of the molecule is C=C(C)CCCC1OCCN(C(=O)OC(C)(C)C)C1C. The molecule has 2 atom stereocenters. The second-order valence-electron chi connectivity index (χ2n) is 6.67. The molecule has 0 aromatic rings. The van der Waals surface area contributed by atoms with E-state index in [1.54, 1.807) is 4.90 Å². The van der Waals surface area contributed by atoms with Crippen molar-refractivity contribution in [3.05, 3.63) is 12.2 Å². The van der Waals surface area contributed by atoms with Crippen molar-refractivity contribution in [3.63, 3.8) is 0 Å². The number of amides is 1. The van der Waals surface area contributed by atoms with Crippen molar-refractivity contribution in [2.75, 3.05) is 13.2 Å². The number of hydrogen-bond acceptors (Lipinski definition) is 3. The Morgan fingerprint density at radius 1 is 1.45 bits per heavy atom. The van der Waals surface area contributed by atoms with Crippen LogP contribution in [0.2, 0.25) is 0 Å². The average Bonchev–Trinajstić information content (AvgIpc) is 2.28. The molecule has 4 heteroatoms. The number of morpholine rings is 1. The highest BCUT2D eigenvalue weighted by Gasteiger charge is 2.34. The van der Waals surface area contributed by atoms with Crippen molar-refractivity contribution in [2.24, 2.45) is 0 Å². The first kappa shape index (κ1) is 17.0. The maximum absolute atomic E-state index is 12.2. The van der Waals surface area contributed by atoms with Crippen molar-refractivity contribution in [3.8, 4) is 0 Å². The third-order valence-electron chi connectivity index (χ3n) is 3.41. The first-order valence-corrected chi connectivity index (χ1v) is 7.46. The summed E-state index contributed by atoms with van der Waals surface area (Å²) in [6, 6.07) is 0.0590. The Morgan fingerprint density at radius 2 is 2.10 bits per heavy atom. The Morgan fingerprint density at radius 3 is 2.65 bits per heavy atom. The fourth-order valence-electron chi connectivity index (χ4n) is 2.35. The Labute approximate surface area is 123 Å². The lowest BCUT2D eigenvalue weighted by Crippen LogP contribution is -2.53. The summed E-state index contributed by atoms with van der Waals surface area (Å²) < 4.78 is 11.3. The molecule has 0 aromatic carbocycles. The van der Waals surface area contributed by atoms with Gasteiger partial charge in [-0.1, -0.05) is 5.57 Å². The molecule has 1 aliphatic rings. The fourth-order valence-corrected chi connectivity index (χ4v) is 2.35. The van der Waals surface area contributed by atoms with Crippen LogP contribution in [0.15, 0.2) is 12.2 Å². The summed E-state index contributed by atoms with van der Waals surface area (Å²) in [6.45, 7) is 14.8. The van der Waals surface area contributed by atoms with E-state index in [0.29, 0.717) is 13.2 Å². The van der Waals surface area contributed by atoms with Gasteiger partial charge in [-0.25, -0.2) is 4.79 Å². The number of nitrogens with zero attached hydrogens (tertiary/aromatic N) is 1. The third kappa shape index (κ3) is 5.53. The monoisotopic (exact) mass is 283 g/mol. The molecule has 1 amide bonds. The number of rotatable bonds is 4. The van der Waals surface area contributed by atoms with E-state index in [9.17, 15) is 4.79 Å². The van der Waals surface area contributed by atoms with Gasteiger partial charge >= 0.3 is 6.09 Å². The molecule has 1 aliphatic heterocycles. The smallest absolute Gasteiger partial charge is 0.410 e. The van der Waals surface area contributed by atoms with Gasteiger partial charge in [0.1, 0.15) is 5.60 Å². The van der Waals surface area contributed by atoms with Gasteiger partial charge in [-0.2, -0.15) is 0 Å². The Balaban J connectivity index is 2.53. The van der Waals surface area contributed by atoms with E-state index in [0.717, 1.165) is 19.3 Å². The van der Waals surface area contributed by atoms with Gasteiger partial charge < -0.3 is 14.4 Å². The first-order valence-electron chi connectivity index (χ1n) is 7.46. The number of carbonyl (C=O) groups excluding carboxylic acids is 1. The van der Waals surface area contributed by atoms with Crippen LogP contribution in [-0.4, -0.2) is 41.9 Å². The van der Waals surface area contributed by atoms with Crippen molar-refractivity contribution >= 4 is 6.09 Å². The Kier molecular flexibility index (Phi) is 6.06. The van der Waals surface area contributed by atoms with Crippen LogP contribution in [0.4, 0.5) is 4.79 Å². The van der Waals surface area contributed by atoms with E-state index in [4.69, 9.17) is 9.47 Å². The molecule has 4 nitrogen and oxygen atoms in total. The number of allylic oxidation sites excluding steroid dienone is 1. The predicted molar refractivity (Wildman–Crippen MR) is 80.8 cm³/mol. The van der Waals surface area contributed by atoms with Gasteiger partial charge in [0.15, 0.2) is 0 Å². The highest BCUT2D eigenvalue weighted by molar-refractivity contribution is 5.68. The van der Waals surface area contributed by atoms with Crippen LogP contribution in [0.5, 0.6) is 0 Å². The first-order chi connectivity index (χ1) is 9.20. The summed E-state index contributed by atoms with van der Waals surface area (Å²) in [4.78, 5) is 14.0. The van der Waals surface area contributed by atoms with Crippen LogP contribution in [-0.2, 0) is 9.47 Å². The highest BCUT2D eigenvalue weighted by atomic mass is 16.6. The zero-order chi connectivity index (χ0) is 15.3. The van der Waals surface area contributed by atoms with Crippen LogP contribution < -0.4 is 0 Å². The number of carbonyl (C=O) groups is 1. The molecular weight excluding hydrogens is 254 g/mol. The molecular formula is C16H29NO3. The summed E-state index contributed by atoms with van der Waals surface area (Å²) in [6.07, 6.45) is 2.87. The minimum atomic E-state index is -0.454. The molecule has 1 heterocycles. The Bertz CT molecular complexity index is 346. The highest BCUT2D eigenvalue weighted by Crippen LogP contribution is 2.22. The van der Waals surface area contributed by atoms with Crippen LogP contribution in [0.1, 0.15) is 53.9 Å².